The third kappa shape index (κ3) is 3.74. The number of hydrogen-bond acceptors (Lipinski definition) is 3. The maximum atomic E-state index is 12.7. The van der Waals surface area contributed by atoms with Crippen LogP contribution in [0, 0.1) is 25.2 Å². The van der Waals surface area contributed by atoms with E-state index in [1.165, 1.54) is 25.3 Å². The van der Waals surface area contributed by atoms with Crippen molar-refractivity contribution in [1.29, 1.82) is 5.26 Å². The number of carbonyl (C=O) groups excluding carboxylic acids is 1. The molecule has 0 aliphatic rings. The van der Waals surface area contributed by atoms with Crippen LogP contribution in [-0.2, 0) is 15.7 Å². The third-order valence-corrected chi connectivity index (χ3v) is 3.75. The van der Waals surface area contributed by atoms with Crippen molar-refractivity contribution in [3.05, 3.63) is 58.4 Å². The maximum Gasteiger partial charge on any atom is 0.416 e. The second-order valence-corrected chi connectivity index (χ2v) is 5.37. The lowest BCUT2D eigenvalue weighted by Gasteiger charge is -2.12. The van der Waals surface area contributed by atoms with Crippen molar-refractivity contribution in [3.8, 4) is 11.8 Å². The normalized spacial score (nSPS) is 12.0. The monoisotopic (exact) mass is 348 g/mol. The first-order chi connectivity index (χ1) is 11.7. The van der Waals surface area contributed by atoms with Crippen LogP contribution in [0.5, 0.6) is 0 Å². The summed E-state index contributed by atoms with van der Waals surface area (Å²) in [6.07, 6.45) is -3.00. The number of halogens is 3. The molecule has 1 aromatic heterocycles. The molecule has 0 saturated heterocycles. The predicted molar refractivity (Wildman–Crippen MR) is 85.9 cm³/mol. The minimum atomic E-state index is -4.39. The number of hydrogen-bond donors (Lipinski definition) is 0. The number of benzene rings is 1. The van der Waals surface area contributed by atoms with Crippen LogP contribution in [0.3, 0.4) is 0 Å². The van der Waals surface area contributed by atoms with E-state index < -0.39 is 17.7 Å². The van der Waals surface area contributed by atoms with Gasteiger partial charge < -0.3 is 9.30 Å². The van der Waals surface area contributed by atoms with Gasteiger partial charge in [0.1, 0.15) is 11.6 Å². The van der Waals surface area contributed by atoms with Crippen molar-refractivity contribution in [2.45, 2.75) is 20.0 Å². The summed E-state index contributed by atoms with van der Waals surface area (Å²) < 4.78 is 44.3. The first kappa shape index (κ1) is 18.3. The SMILES string of the molecule is COC(=O)C(C#N)=Cc1cc(C)n(-c2ccc(C(F)(F)F)cc2)c1C. The number of rotatable bonds is 3. The van der Waals surface area contributed by atoms with Crippen molar-refractivity contribution in [3.63, 3.8) is 0 Å². The Morgan fingerprint density at radius 3 is 2.32 bits per heavy atom. The van der Waals surface area contributed by atoms with E-state index in [0.717, 1.165) is 17.8 Å². The zero-order chi connectivity index (χ0) is 18.8. The van der Waals surface area contributed by atoms with Crippen LogP contribution in [0.4, 0.5) is 13.2 Å². The lowest BCUT2D eigenvalue weighted by Crippen LogP contribution is -2.06. The fraction of sp³-hybridized carbons (Fsp3) is 0.222. The molecule has 0 aliphatic heterocycles. The molecular weight excluding hydrogens is 333 g/mol. The van der Waals surface area contributed by atoms with E-state index in [1.807, 2.05) is 0 Å². The Bertz CT molecular complexity index is 869. The highest BCUT2D eigenvalue weighted by Crippen LogP contribution is 2.30. The number of nitrogens with zero attached hydrogens (tertiary/aromatic N) is 2. The number of alkyl halides is 3. The standard InChI is InChI=1S/C18H15F3N2O2/c1-11-8-13(9-14(10-22)17(24)25-3)12(2)23(11)16-6-4-15(5-7-16)18(19,20)21/h4-9H,1-3H3. The molecule has 0 atom stereocenters. The van der Waals surface area contributed by atoms with Gasteiger partial charge in [0.25, 0.3) is 0 Å². The Morgan fingerprint density at radius 2 is 1.84 bits per heavy atom. The highest BCUT2D eigenvalue weighted by atomic mass is 19.4. The summed E-state index contributed by atoms with van der Waals surface area (Å²) >= 11 is 0. The summed E-state index contributed by atoms with van der Waals surface area (Å²) in [6, 6.07) is 8.30. The molecule has 0 radical (unpaired) electrons. The Kier molecular flexibility index (Phi) is 5.02. The molecule has 1 heterocycles. The molecule has 2 rings (SSSR count). The number of esters is 1. The molecule has 0 unspecified atom stereocenters. The largest absolute Gasteiger partial charge is 0.465 e. The number of methoxy groups -OCH3 is 1. The smallest absolute Gasteiger partial charge is 0.416 e. The minimum Gasteiger partial charge on any atom is -0.465 e. The second-order valence-electron chi connectivity index (χ2n) is 5.37. The van der Waals surface area contributed by atoms with Crippen LogP contribution < -0.4 is 0 Å². The van der Waals surface area contributed by atoms with Crippen LogP contribution in [-0.4, -0.2) is 17.6 Å². The van der Waals surface area contributed by atoms with Crippen LogP contribution in [0.25, 0.3) is 11.8 Å². The van der Waals surface area contributed by atoms with E-state index in [-0.39, 0.29) is 5.57 Å². The first-order valence-corrected chi connectivity index (χ1v) is 7.25. The van der Waals surface area contributed by atoms with Crippen molar-refractivity contribution < 1.29 is 22.7 Å². The molecule has 0 bridgehead atoms. The molecule has 0 spiro atoms. The molecule has 130 valence electrons. The van der Waals surface area contributed by atoms with Gasteiger partial charge in [0.2, 0.25) is 0 Å². The summed E-state index contributed by atoms with van der Waals surface area (Å²) in [5.74, 6) is -0.748. The fourth-order valence-corrected chi connectivity index (χ4v) is 2.53. The third-order valence-electron chi connectivity index (χ3n) is 3.75. The molecule has 25 heavy (non-hydrogen) atoms. The number of aromatic nitrogens is 1. The predicted octanol–water partition coefficient (Wildman–Crippen LogP) is 4.19. The van der Waals surface area contributed by atoms with Gasteiger partial charge in [0, 0.05) is 17.1 Å². The molecule has 0 amide bonds. The van der Waals surface area contributed by atoms with Gasteiger partial charge in [-0.2, -0.15) is 18.4 Å². The van der Waals surface area contributed by atoms with Gasteiger partial charge in [-0.05, 0) is 55.8 Å². The zero-order valence-corrected chi connectivity index (χ0v) is 13.8. The molecular formula is C18H15F3N2O2. The summed E-state index contributed by atoms with van der Waals surface area (Å²) in [4.78, 5) is 11.5. The van der Waals surface area contributed by atoms with Crippen molar-refractivity contribution in [2.75, 3.05) is 7.11 Å². The molecule has 0 N–H and O–H groups in total. The molecule has 0 fully saturated rings. The Labute approximate surface area is 142 Å². The minimum absolute atomic E-state index is 0.157. The molecule has 4 nitrogen and oxygen atoms in total. The van der Waals surface area contributed by atoms with Gasteiger partial charge in [0.15, 0.2) is 0 Å². The van der Waals surface area contributed by atoms with E-state index in [0.29, 0.717) is 16.9 Å². The molecule has 2 aromatic rings. The van der Waals surface area contributed by atoms with Crippen LogP contribution in [0.2, 0.25) is 0 Å². The van der Waals surface area contributed by atoms with E-state index in [2.05, 4.69) is 4.74 Å². The molecule has 1 aromatic carbocycles. The van der Waals surface area contributed by atoms with Crippen molar-refractivity contribution in [2.24, 2.45) is 0 Å². The van der Waals surface area contributed by atoms with Gasteiger partial charge in [0.05, 0.1) is 12.7 Å². The average molecular weight is 348 g/mol. The maximum absolute atomic E-state index is 12.7. The van der Waals surface area contributed by atoms with Gasteiger partial charge >= 0.3 is 12.1 Å². The highest BCUT2D eigenvalue weighted by Gasteiger charge is 2.30. The van der Waals surface area contributed by atoms with E-state index in [9.17, 15) is 18.0 Å². The molecule has 0 aliphatic carbocycles. The van der Waals surface area contributed by atoms with Gasteiger partial charge in [-0.1, -0.05) is 0 Å². The Morgan fingerprint density at radius 1 is 1.24 bits per heavy atom. The fourth-order valence-electron chi connectivity index (χ4n) is 2.53. The lowest BCUT2D eigenvalue weighted by atomic mass is 10.1. The Hall–Kier alpha value is -3.01. The lowest BCUT2D eigenvalue weighted by molar-refractivity contribution is -0.137. The van der Waals surface area contributed by atoms with Gasteiger partial charge in [-0.15, -0.1) is 0 Å². The zero-order valence-electron chi connectivity index (χ0n) is 13.8. The highest BCUT2D eigenvalue weighted by molar-refractivity contribution is 5.98. The van der Waals surface area contributed by atoms with E-state index >= 15 is 0 Å². The van der Waals surface area contributed by atoms with Crippen LogP contribution in [0.15, 0.2) is 35.9 Å². The van der Waals surface area contributed by atoms with Crippen molar-refractivity contribution in [1.82, 2.24) is 4.57 Å². The summed E-state index contributed by atoms with van der Waals surface area (Å²) in [5.41, 5.74) is 1.73. The molecule has 0 saturated carbocycles. The summed E-state index contributed by atoms with van der Waals surface area (Å²) in [7, 11) is 1.18. The van der Waals surface area contributed by atoms with Crippen molar-refractivity contribution >= 4 is 12.0 Å². The summed E-state index contributed by atoms with van der Waals surface area (Å²) in [6.45, 7) is 3.54. The summed E-state index contributed by atoms with van der Waals surface area (Å²) in [5, 5.41) is 9.05. The average Bonchev–Trinajstić information content (AvgIpc) is 2.85. The number of ether oxygens (including phenoxy) is 1. The molecule has 7 heteroatoms. The first-order valence-electron chi connectivity index (χ1n) is 7.25. The van der Waals surface area contributed by atoms with E-state index in [1.54, 1.807) is 30.6 Å². The Balaban J connectivity index is 2.49. The van der Waals surface area contributed by atoms with Crippen LogP contribution in [0.1, 0.15) is 22.5 Å². The second kappa shape index (κ2) is 6.85. The van der Waals surface area contributed by atoms with Crippen LogP contribution >= 0.6 is 0 Å². The van der Waals surface area contributed by atoms with Gasteiger partial charge in [-0.25, -0.2) is 4.79 Å². The quantitative estimate of drug-likeness (QED) is 0.475. The van der Waals surface area contributed by atoms with E-state index in [4.69, 9.17) is 5.26 Å². The van der Waals surface area contributed by atoms with Gasteiger partial charge in [-0.3, -0.25) is 0 Å². The number of nitriles is 1. The number of aryl methyl sites for hydroxylation is 1. The number of carbonyl (C=O) groups is 1. The topological polar surface area (TPSA) is 55.0 Å².